The summed E-state index contributed by atoms with van der Waals surface area (Å²) in [5, 5.41) is 9.06. The molecule has 3 N–H and O–H groups in total. The van der Waals surface area contributed by atoms with Gasteiger partial charge in [0.1, 0.15) is 24.6 Å². The van der Waals surface area contributed by atoms with Crippen LogP contribution in [0.25, 0.3) is 0 Å². The van der Waals surface area contributed by atoms with Crippen molar-refractivity contribution in [3.8, 4) is 0 Å². The lowest BCUT2D eigenvalue weighted by Gasteiger charge is -2.33. The zero-order chi connectivity index (χ0) is 23.0. The minimum Gasteiger partial charge on any atom is -0.332 e. The maximum Gasteiger partial charge on any atom is 0.232 e. The Morgan fingerprint density at radius 2 is 2.12 bits per heavy atom. The van der Waals surface area contributed by atoms with Crippen LogP contribution in [-0.4, -0.2) is 73.7 Å². The van der Waals surface area contributed by atoms with Crippen LogP contribution in [0.5, 0.6) is 0 Å². The van der Waals surface area contributed by atoms with Gasteiger partial charge in [-0.15, -0.1) is 0 Å². The molecule has 0 spiro atoms. The van der Waals surface area contributed by atoms with Gasteiger partial charge in [0.2, 0.25) is 13.3 Å². The summed E-state index contributed by atoms with van der Waals surface area (Å²) < 4.78 is 19.0. The number of amides is 1. The Kier molecular flexibility index (Phi) is 9.49. The fourth-order valence-electron chi connectivity index (χ4n) is 4.30. The summed E-state index contributed by atoms with van der Waals surface area (Å²) in [6, 6.07) is 9.52. The van der Waals surface area contributed by atoms with E-state index in [4.69, 9.17) is 4.52 Å². The standard InChI is InChI=1S/C22H32N3O5PS/c1-2-31(29,20(12-26)18-11-23-8-9-24-18)30-15-25-22(28)21-17(13-32-14-19(21)27)10-16-6-4-3-5-7-16/h3-7,12,17-18,20-21,23-24H,2,8-11,13-15H2,1H3,(H,25,28)/t17-,18?,20?,21?,31?/m1/s1. The Labute approximate surface area is 193 Å². The highest BCUT2D eigenvalue weighted by molar-refractivity contribution is 8.00. The highest BCUT2D eigenvalue weighted by atomic mass is 32.2. The molecule has 2 fully saturated rings. The van der Waals surface area contributed by atoms with Gasteiger partial charge < -0.3 is 25.3 Å². The van der Waals surface area contributed by atoms with Crippen LogP contribution in [0.3, 0.4) is 0 Å². The molecule has 0 aromatic heterocycles. The van der Waals surface area contributed by atoms with E-state index < -0.39 is 24.9 Å². The number of hydrogen-bond donors (Lipinski definition) is 3. The van der Waals surface area contributed by atoms with Gasteiger partial charge in [0, 0.05) is 31.8 Å². The van der Waals surface area contributed by atoms with E-state index in [1.54, 1.807) is 18.7 Å². The Balaban J connectivity index is 1.61. The number of carbonyl (C=O) groups excluding carboxylic acids is 3. The highest BCUT2D eigenvalue weighted by Crippen LogP contribution is 2.51. The number of thioether (sulfide) groups is 1. The first-order valence-corrected chi connectivity index (χ1v) is 14.1. The van der Waals surface area contributed by atoms with Crippen LogP contribution in [0.4, 0.5) is 0 Å². The van der Waals surface area contributed by atoms with Crippen molar-refractivity contribution >= 4 is 37.1 Å². The van der Waals surface area contributed by atoms with E-state index in [9.17, 15) is 18.9 Å². The number of aldehydes is 1. The predicted octanol–water partition coefficient (Wildman–Crippen LogP) is 1.29. The largest absolute Gasteiger partial charge is 0.332 e. The molecular formula is C22H32N3O5PS. The summed E-state index contributed by atoms with van der Waals surface area (Å²) in [5.74, 6) is -0.333. The van der Waals surface area contributed by atoms with Crippen molar-refractivity contribution in [1.82, 2.24) is 16.0 Å². The van der Waals surface area contributed by atoms with Gasteiger partial charge in [-0.1, -0.05) is 37.3 Å². The second kappa shape index (κ2) is 12.1. The predicted molar refractivity (Wildman–Crippen MR) is 126 cm³/mol. The number of Topliss-reactive ketones (excluding diaryl/α,β-unsaturated/α-hetero) is 1. The van der Waals surface area contributed by atoms with E-state index in [-0.39, 0.29) is 30.6 Å². The van der Waals surface area contributed by atoms with Crippen LogP contribution in [-0.2, 0) is 29.9 Å². The molecule has 1 aromatic carbocycles. The third-order valence-electron chi connectivity index (χ3n) is 6.07. The van der Waals surface area contributed by atoms with Gasteiger partial charge in [-0.25, -0.2) is 0 Å². The summed E-state index contributed by atoms with van der Waals surface area (Å²) in [6.45, 7) is 3.42. The number of benzene rings is 1. The molecule has 4 unspecified atom stereocenters. The lowest BCUT2D eigenvalue weighted by molar-refractivity contribution is -0.135. The zero-order valence-electron chi connectivity index (χ0n) is 18.3. The molecule has 2 saturated heterocycles. The Hall–Kier alpha value is -1.51. The first kappa shape index (κ1) is 25.1. The highest BCUT2D eigenvalue weighted by Gasteiger charge is 2.40. The number of hydrogen-bond acceptors (Lipinski definition) is 8. The smallest absolute Gasteiger partial charge is 0.232 e. The van der Waals surface area contributed by atoms with Gasteiger partial charge in [-0.3, -0.25) is 14.2 Å². The van der Waals surface area contributed by atoms with Gasteiger partial charge in [-0.05, 0) is 23.7 Å². The molecule has 2 aliphatic heterocycles. The van der Waals surface area contributed by atoms with E-state index in [1.807, 2.05) is 30.3 Å². The molecule has 0 aliphatic carbocycles. The molecule has 2 aliphatic rings. The second-order valence-corrected chi connectivity index (χ2v) is 12.1. The van der Waals surface area contributed by atoms with Crippen molar-refractivity contribution in [2.45, 2.75) is 25.0 Å². The van der Waals surface area contributed by atoms with Crippen molar-refractivity contribution in [3.05, 3.63) is 35.9 Å². The molecule has 8 nitrogen and oxygen atoms in total. The van der Waals surface area contributed by atoms with Gasteiger partial charge in [0.15, 0.2) is 5.78 Å². The van der Waals surface area contributed by atoms with Crippen LogP contribution in [0, 0.1) is 11.8 Å². The van der Waals surface area contributed by atoms with Crippen LogP contribution in [0.2, 0.25) is 0 Å². The van der Waals surface area contributed by atoms with E-state index in [0.717, 1.165) is 17.9 Å². The Morgan fingerprint density at radius 1 is 1.34 bits per heavy atom. The number of nitrogens with one attached hydrogen (secondary N) is 3. The summed E-state index contributed by atoms with van der Waals surface area (Å²) >= 11 is 1.55. The summed E-state index contributed by atoms with van der Waals surface area (Å²) in [5.41, 5.74) is 0.287. The molecule has 32 heavy (non-hydrogen) atoms. The maximum absolute atomic E-state index is 13.4. The minimum absolute atomic E-state index is 0.0957. The molecule has 0 saturated carbocycles. The monoisotopic (exact) mass is 481 g/mol. The molecule has 0 bridgehead atoms. The molecule has 1 amide bonds. The summed E-state index contributed by atoms with van der Waals surface area (Å²) in [7, 11) is -3.33. The van der Waals surface area contributed by atoms with Gasteiger partial charge in [0.25, 0.3) is 0 Å². The normalized spacial score (nSPS) is 26.7. The van der Waals surface area contributed by atoms with E-state index >= 15 is 0 Å². The third kappa shape index (κ3) is 6.29. The van der Waals surface area contributed by atoms with Crippen LogP contribution < -0.4 is 16.0 Å². The summed E-state index contributed by atoms with van der Waals surface area (Å²) in [4.78, 5) is 37.3. The first-order valence-electron chi connectivity index (χ1n) is 11.0. The van der Waals surface area contributed by atoms with E-state index in [1.165, 1.54) is 0 Å². The molecule has 1 aromatic rings. The van der Waals surface area contributed by atoms with Gasteiger partial charge in [-0.2, -0.15) is 11.8 Å². The van der Waals surface area contributed by atoms with Crippen LogP contribution in [0.1, 0.15) is 12.5 Å². The average molecular weight is 482 g/mol. The van der Waals surface area contributed by atoms with Crippen molar-refractivity contribution in [2.75, 3.05) is 44.0 Å². The van der Waals surface area contributed by atoms with Crippen molar-refractivity contribution < 1.29 is 23.5 Å². The van der Waals surface area contributed by atoms with E-state index in [2.05, 4.69) is 16.0 Å². The molecule has 0 radical (unpaired) electrons. The molecule has 5 atom stereocenters. The fraction of sp³-hybridized carbons (Fsp3) is 0.591. The second-order valence-electron chi connectivity index (χ2n) is 8.16. The maximum atomic E-state index is 13.4. The molecular weight excluding hydrogens is 449 g/mol. The summed E-state index contributed by atoms with van der Waals surface area (Å²) in [6.07, 6.45) is 1.51. The van der Waals surface area contributed by atoms with Gasteiger partial charge >= 0.3 is 0 Å². The van der Waals surface area contributed by atoms with Gasteiger partial charge in [0.05, 0.1) is 5.75 Å². The number of ketones is 1. The van der Waals surface area contributed by atoms with Crippen LogP contribution >= 0.6 is 19.1 Å². The first-order chi connectivity index (χ1) is 15.5. The SMILES string of the molecule is CCP(=O)(OCNC(=O)C1C(=O)CSC[C@H]1Cc1ccccc1)C(C=O)C1CNCCN1. The van der Waals surface area contributed by atoms with Crippen LogP contribution in [0.15, 0.2) is 30.3 Å². The lowest BCUT2D eigenvalue weighted by Crippen LogP contribution is -2.54. The van der Waals surface area contributed by atoms with Crippen molar-refractivity contribution in [1.29, 1.82) is 0 Å². The fourth-order valence-corrected chi connectivity index (χ4v) is 7.42. The quantitative estimate of drug-likeness (QED) is 0.198. The molecule has 2 heterocycles. The van der Waals surface area contributed by atoms with Crippen molar-refractivity contribution in [2.24, 2.45) is 11.8 Å². The number of piperazine rings is 1. The third-order valence-corrected chi connectivity index (χ3v) is 10.1. The number of rotatable bonds is 10. The zero-order valence-corrected chi connectivity index (χ0v) is 20.0. The molecule has 3 rings (SSSR count). The molecule has 176 valence electrons. The lowest BCUT2D eigenvalue weighted by atomic mass is 9.84. The molecule has 10 heteroatoms. The minimum atomic E-state index is -3.33. The Bertz CT molecular complexity index is 834. The van der Waals surface area contributed by atoms with Crippen molar-refractivity contribution in [3.63, 3.8) is 0 Å². The topological polar surface area (TPSA) is 114 Å². The average Bonchev–Trinajstić information content (AvgIpc) is 2.81. The van der Waals surface area contributed by atoms with E-state index in [0.29, 0.717) is 31.5 Å². The Morgan fingerprint density at radius 3 is 2.78 bits per heavy atom. The number of carbonyl (C=O) groups is 3.